The van der Waals surface area contributed by atoms with Gasteiger partial charge in [0.05, 0.1) is 16.2 Å². The monoisotopic (exact) mass is 402 g/mol. The van der Waals surface area contributed by atoms with Crippen molar-refractivity contribution < 1.29 is 22.5 Å². The maximum Gasteiger partial charge on any atom is 0.445 e. The second-order valence-corrected chi connectivity index (χ2v) is 6.13. The molecule has 3 aromatic rings. The van der Waals surface area contributed by atoms with Crippen LogP contribution in [0.5, 0.6) is 0 Å². The third-order valence-corrected chi connectivity index (χ3v) is 4.22. The highest BCUT2D eigenvalue weighted by molar-refractivity contribution is 7.15. The number of hydrogen-bond donors (Lipinski definition) is 0. The predicted molar refractivity (Wildman–Crippen MR) is 88.0 cm³/mol. The normalized spacial score (nSPS) is 12.0. The maximum absolute atomic E-state index is 12.5. The number of nitrogens with zero attached hydrogens (tertiary/aromatic N) is 4. The van der Waals surface area contributed by atoms with Crippen molar-refractivity contribution in [2.24, 2.45) is 4.99 Å². The lowest BCUT2D eigenvalue weighted by atomic mass is 10.1. The van der Waals surface area contributed by atoms with Crippen LogP contribution < -0.4 is 0 Å². The van der Waals surface area contributed by atoms with E-state index in [0.29, 0.717) is 5.56 Å². The Morgan fingerprint density at radius 1 is 1.27 bits per heavy atom. The molecule has 0 bridgehead atoms. The van der Waals surface area contributed by atoms with Crippen molar-refractivity contribution in [3.63, 3.8) is 0 Å². The molecule has 3 rings (SSSR count). The van der Waals surface area contributed by atoms with Gasteiger partial charge in [-0.05, 0) is 18.2 Å². The average Bonchev–Trinajstić information content (AvgIpc) is 3.22. The minimum atomic E-state index is -4.58. The highest BCUT2D eigenvalue weighted by Gasteiger charge is 2.35. The molecule has 0 radical (unpaired) electrons. The lowest BCUT2D eigenvalue weighted by Gasteiger charge is -2.00. The largest absolute Gasteiger partial charge is 0.455 e. The van der Waals surface area contributed by atoms with Gasteiger partial charge in [-0.25, -0.2) is 4.99 Å². The van der Waals surface area contributed by atoms with E-state index in [1.54, 1.807) is 0 Å². The smallest absolute Gasteiger partial charge is 0.445 e. The number of non-ortho nitro benzene ring substituents is 1. The Balaban J connectivity index is 1.83. The molecule has 0 aliphatic carbocycles. The van der Waals surface area contributed by atoms with Crippen LogP contribution in [-0.4, -0.2) is 21.3 Å². The number of halogens is 4. The number of furan rings is 1. The first-order chi connectivity index (χ1) is 12.2. The maximum atomic E-state index is 12.5. The third kappa shape index (κ3) is 3.89. The number of nitro benzene ring substituents is 1. The summed E-state index contributed by atoms with van der Waals surface area (Å²) in [4.78, 5) is 14.1. The number of nitro groups is 1. The molecule has 0 amide bonds. The topological polar surface area (TPSA) is 94.4 Å². The minimum absolute atomic E-state index is 0.162. The molecule has 2 heterocycles. The zero-order valence-corrected chi connectivity index (χ0v) is 14.0. The Morgan fingerprint density at radius 2 is 2.04 bits per heavy atom. The fraction of sp³-hybridized carbons (Fsp3) is 0.0714. The third-order valence-electron chi connectivity index (χ3n) is 3.01. The van der Waals surface area contributed by atoms with Crippen LogP contribution in [0.4, 0.5) is 24.0 Å². The van der Waals surface area contributed by atoms with E-state index < -0.39 is 16.1 Å². The van der Waals surface area contributed by atoms with E-state index in [1.165, 1.54) is 30.3 Å². The molecule has 7 nitrogen and oxygen atoms in total. The van der Waals surface area contributed by atoms with Crippen molar-refractivity contribution in [1.29, 1.82) is 0 Å². The van der Waals surface area contributed by atoms with Gasteiger partial charge in [-0.2, -0.15) is 13.2 Å². The Bertz CT molecular complexity index is 999. The molecule has 0 spiro atoms. The van der Waals surface area contributed by atoms with E-state index in [9.17, 15) is 23.3 Å². The molecule has 134 valence electrons. The van der Waals surface area contributed by atoms with Crippen LogP contribution >= 0.6 is 22.9 Å². The molecular weight excluding hydrogens is 397 g/mol. The Kier molecular flexibility index (Phi) is 4.74. The van der Waals surface area contributed by atoms with Gasteiger partial charge in [0.15, 0.2) is 0 Å². The molecule has 0 N–H and O–H groups in total. The molecule has 26 heavy (non-hydrogen) atoms. The van der Waals surface area contributed by atoms with Gasteiger partial charge in [0.2, 0.25) is 10.1 Å². The van der Waals surface area contributed by atoms with E-state index in [1.807, 2.05) is 0 Å². The zero-order chi connectivity index (χ0) is 18.9. The van der Waals surface area contributed by atoms with E-state index in [-0.39, 0.29) is 38.7 Å². The molecule has 0 aliphatic rings. The first kappa shape index (κ1) is 18.0. The van der Waals surface area contributed by atoms with E-state index >= 15 is 0 Å². The molecule has 2 aromatic heterocycles. The summed E-state index contributed by atoms with van der Waals surface area (Å²) < 4.78 is 42.8. The molecule has 0 atom stereocenters. The molecule has 12 heteroatoms. The fourth-order valence-corrected chi connectivity index (χ4v) is 2.65. The number of benzene rings is 1. The van der Waals surface area contributed by atoms with Gasteiger partial charge in [0, 0.05) is 17.7 Å². The van der Waals surface area contributed by atoms with Gasteiger partial charge < -0.3 is 4.42 Å². The van der Waals surface area contributed by atoms with Gasteiger partial charge in [-0.1, -0.05) is 22.9 Å². The van der Waals surface area contributed by atoms with Crippen LogP contribution in [0.15, 0.2) is 39.7 Å². The van der Waals surface area contributed by atoms with Gasteiger partial charge in [0.1, 0.15) is 11.5 Å². The molecule has 1 aromatic carbocycles. The van der Waals surface area contributed by atoms with Crippen LogP contribution in [-0.2, 0) is 6.18 Å². The van der Waals surface area contributed by atoms with Crippen molar-refractivity contribution in [1.82, 2.24) is 10.2 Å². The van der Waals surface area contributed by atoms with Gasteiger partial charge >= 0.3 is 6.18 Å². The van der Waals surface area contributed by atoms with Crippen LogP contribution in [0, 0.1) is 10.1 Å². The fourth-order valence-electron chi connectivity index (χ4n) is 1.88. The quantitative estimate of drug-likeness (QED) is 0.342. The first-order valence-corrected chi connectivity index (χ1v) is 7.92. The minimum Gasteiger partial charge on any atom is -0.455 e. The molecule has 0 saturated heterocycles. The Hall–Kier alpha value is -2.79. The summed E-state index contributed by atoms with van der Waals surface area (Å²) in [5.41, 5.74) is 0.139. The second kappa shape index (κ2) is 6.84. The molecule has 0 unspecified atom stereocenters. The number of hydrogen-bond acceptors (Lipinski definition) is 7. The molecular formula is C14H6ClF3N4O3S. The summed E-state index contributed by atoms with van der Waals surface area (Å²) in [6, 6.07) is 6.87. The van der Waals surface area contributed by atoms with E-state index in [4.69, 9.17) is 16.0 Å². The summed E-state index contributed by atoms with van der Waals surface area (Å²) in [7, 11) is 0. The lowest BCUT2D eigenvalue weighted by molar-refractivity contribution is -0.384. The first-order valence-electron chi connectivity index (χ1n) is 6.73. The summed E-state index contributed by atoms with van der Waals surface area (Å²) in [5, 5.41) is 16.1. The van der Waals surface area contributed by atoms with Crippen LogP contribution in [0.25, 0.3) is 11.3 Å². The molecule has 0 fully saturated rings. The Labute approximate surface area is 151 Å². The van der Waals surface area contributed by atoms with E-state index in [0.717, 1.165) is 6.21 Å². The standard InChI is InChI=1S/C14H6ClF3N4O3S/c15-10-3-1-7(22(23)24)5-9(10)11-4-2-8(25-11)6-19-13-21-20-12(26-13)14(16,17)18/h1-6H. The number of aromatic nitrogens is 2. The van der Waals surface area contributed by atoms with Crippen LogP contribution in [0.2, 0.25) is 5.02 Å². The van der Waals surface area contributed by atoms with Crippen molar-refractivity contribution in [3.05, 3.63) is 56.2 Å². The second-order valence-electron chi connectivity index (χ2n) is 4.77. The lowest BCUT2D eigenvalue weighted by Crippen LogP contribution is -2.03. The van der Waals surface area contributed by atoms with Crippen molar-refractivity contribution in [2.45, 2.75) is 6.18 Å². The zero-order valence-electron chi connectivity index (χ0n) is 12.4. The van der Waals surface area contributed by atoms with Gasteiger partial charge in [0.25, 0.3) is 5.69 Å². The molecule has 0 aliphatic heterocycles. The highest BCUT2D eigenvalue weighted by atomic mass is 35.5. The average molecular weight is 403 g/mol. The van der Waals surface area contributed by atoms with Gasteiger partial charge in [-0.3, -0.25) is 10.1 Å². The summed E-state index contributed by atoms with van der Waals surface area (Å²) in [6.45, 7) is 0. The van der Waals surface area contributed by atoms with Crippen LogP contribution in [0.3, 0.4) is 0 Å². The SMILES string of the molecule is O=[N+]([O-])c1ccc(Cl)c(-c2ccc(C=Nc3nnc(C(F)(F)F)s3)o2)c1. The van der Waals surface area contributed by atoms with Crippen molar-refractivity contribution in [2.75, 3.05) is 0 Å². The molecule has 0 saturated carbocycles. The predicted octanol–water partition coefficient (Wildman–Crippen LogP) is 5.13. The van der Waals surface area contributed by atoms with Crippen LogP contribution in [0.1, 0.15) is 10.8 Å². The van der Waals surface area contributed by atoms with Crippen molar-refractivity contribution in [3.8, 4) is 11.3 Å². The summed E-state index contributed by atoms with van der Waals surface area (Å²) in [6.07, 6.45) is -3.42. The number of alkyl halides is 3. The Morgan fingerprint density at radius 3 is 2.69 bits per heavy atom. The summed E-state index contributed by atoms with van der Waals surface area (Å²) in [5.74, 6) is 0.444. The highest BCUT2D eigenvalue weighted by Crippen LogP contribution is 2.34. The van der Waals surface area contributed by atoms with Gasteiger partial charge in [-0.15, -0.1) is 10.2 Å². The number of rotatable bonds is 4. The summed E-state index contributed by atoms with van der Waals surface area (Å²) >= 11 is 6.31. The van der Waals surface area contributed by atoms with Crippen molar-refractivity contribution >= 4 is 40.0 Å². The van der Waals surface area contributed by atoms with E-state index in [2.05, 4.69) is 15.2 Å². The number of aliphatic imine (C=N–C) groups is 1.